The van der Waals surface area contributed by atoms with Crippen LogP contribution in [0.3, 0.4) is 0 Å². The molecule has 0 saturated carbocycles. The van der Waals surface area contributed by atoms with E-state index in [4.69, 9.17) is 13.9 Å². The molecular weight excluding hydrogens is 422 g/mol. The Morgan fingerprint density at radius 2 is 1.69 bits per heavy atom. The van der Waals surface area contributed by atoms with Crippen LogP contribution in [0.25, 0.3) is 0 Å². The van der Waals surface area contributed by atoms with Crippen molar-refractivity contribution in [2.75, 3.05) is 12.0 Å². The molecule has 2 aromatic carbocycles. The molecule has 0 aliphatic carbocycles. The number of para-hydroxylation sites is 1. The number of ether oxygens (including phenoxy) is 2. The average molecular weight is 456 g/mol. The van der Waals surface area contributed by atoms with Gasteiger partial charge in [0.15, 0.2) is 8.32 Å². The Labute approximate surface area is 191 Å². The molecule has 1 amide bonds. The fourth-order valence-corrected chi connectivity index (χ4v) is 4.44. The molecule has 1 fully saturated rings. The Kier molecular flexibility index (Phi) is 6.81. The molecule has 1 aliphatic rings. The highest BCUT2D eigenvalue weighted by Crippen LogP contribution is 2.43. The SMILES string of the molecule is COc1ccc([C@H]2[C@H](OC(C)=O)C(=O)N2c2ccccc2CO[Si](C)(C)C(C)(C)C)cc1. The van der Waals surface area contributed by atoms with Crippen LogP contribution in [0.2, 0.25) is 18.1 Å². The molecule has 32 heavy (non-hydrogen) atoms. The Balaban J connectivity index is 1.94. The van der Waals surface area contributed by atoms with Gasteiger partial charge in [0, 0.05) is 12.5 Å². The lowest BCUT2D eigenvalue weighted by Crippen LogP contribution is -2.61. The van der Waals surface area contributed by atoms with Crippen molar-refractivity contribution in [3.8, 4) is 5.75 Å². The third kappa shape index (κ3) is 4.73. The second kappa shape index (κ2) is 9.08. The summed E-state index contributed by atoms with van der Waals surface area (Å²) in [5.74, 6) is 0.00927. The number of rotatable bonds is 7. The summed E-state index contributed by atoms with van der Waals surface area (Å²) in [6.07, 6.45) is -0.852. The number of hydrogen-bond donors (Lipinski definition) is 0. The summed E-state index contributed by atoms with van der Waals surface area (Å²) in [6, 6.07) is 14.8. The van der Waals surface area contributed by atoms with Gasteiger partial charge in [-0.3, -0.25) is 14.5 Å². The van der Waals surface area contributed by atoms with Crippen molar-refractivity contribution in [1.29, 1.82) is 0 Å². The normalized spacial score (nSPS) is 18.8. The average Bonchev–Trinajstić information content (AvgIpc) is 2.74. The van der Waals surface area contributed by atoms with Crippen molar-refractivity contribution in [2.24, 2.45) is 0 Å². The summed E-state index contributed by atoms with van der Waals surface area (Å²) < 4.78 is 17.1. The van der Waals surface area contributed by atoms with Crippen LogP contribution in [0.15, 0.2) is 48.5 Å². The second-order valence-electron chi connectivity index (χ2n) is 9.63. The minimum absolute atomic E-state index is 0.0839. The van der Waals surface area contributed by atoms with Gasteiger partial charge in [0.05, 0.1) is 19.4 Å². The second-order valence-corrected chi connectivity index (χ2v) is 14.4. The van der Waals surface area contributed by atoms with E-state index in [1.165, 1.54) is 6.92 Å². The molecule has 0 spiro atoms. The monoisotopic (exact) mass is 455 g/mol. The van der Waals surface area contributed by atoms with E-state index in [1.807, 2.05) is 48.5 Å². The first-order valence-electron chi connectivity index (χ1n) is 10.8. The number of nitrogens with zero attached hydrogens (tertiary/aromatic N) is 1. The summed E-state index contributed by atoms with van der Waals surface area (Å²) in [7, 11) is -0.362. The topological polar surface area (TPSA) is 65.1 Å². The lowest BCUT2D eigenvalue weighted by molar-refractivity contribution is -0.160. The van der Waals surface area contributed by atoms with Crippen molar-refractivity contribution in [3.05, 3.63) is 59.7 Å². The van der Waals surface area contributed by atoms with Crippen molar-refractivity contribution < 1.29 is 23.5 Å². The van der Waals surface area contributed by atoms with Gasteiger partial charge in [-0.05, 0) is 41.9 Å². The maximum atomic E-state index is 13.1. The molecule has 172 valence electrons. The van der Waals surface area contributed by atoms with Gasteiger partial charge in [-0.2, -0.15) is 0 Å². The van der Waals surface area contributed by atoms with E-state index in [0.717, 1.165) is 22.6 Å². The summed E-state index contributed by atoms with van der Waals surface area (Å²) in [5, 5.41) is 0.0839. The zero-order valence-electron chi connectivity index (χ0n) is 20.0. The fraction of sp³-hybridized carbons (Fsp3) is 0.440. The van der Waals surface area contributed by atoms with E-state index >= 15 is 0 Å². The van der Waals surface area contributed by atoms with E-state index < -0.39 is 26.4 Å². The Morgan fingerprint density at radius 3 is 2.25 bits per heavy atom. The van der Waals surface area contributed by atoms with Gasteiger partial charge < -0.3 is 13.9 Å². The van der Waals surface area contributed by atoms with E-state index in [1.54, 1.807) is 12.0 Å². The molecule has 3 rings (SSSR count). The molecule has 0 unspecified atom stereocenters. The molecule has 1 aliphatic heterocycles. The minimum Gasteiger partial charge on any atom is -0.497 e. The summed E-state index contributed by atoms with van der Waals surface area (Å²) in [4.78, 5) is 26.5. The Morgan fingerprint density at radius 1 is 1.06 bits per heavy atom. The van der Waals surface area contributed by atoms with Crippen LogP contribution in [0.4, 0.5) is 5.69 Å². The van der Waals surface area contributed by atoms with Gasteiger partial charge in [-0.15, -0.1) is 0 Å². The van der Waals surface area contributed by atoms with Gasteiger partial charge in [0.25, 0.3) is 5.91 Å². The minimum atomic E-state index is -1.97. The maximum absolute atomic E-state index is 13.1. The Bertz CT molecular complexity index is 981. The van der Waals surface area contributed by atoms with E-state index in [-0.39, 0.29) is 10.9 Å². The lowest BCUT2D eigenvalue weighted by atomic mass is 9.89. The quantitative estimate of drug-likeness (QED) is 0.325. The van der Waals surface area contributed by atoms with E-state index in [2.05, 4.69) is 33.9 Å². The van der Waals surface area contributed by atoms with Crippen LogP contribution >= 0.6 is 0 Å². The number of carbonyl (C=O) groups excluding carboxylic acids is 2. The number of anilines is 1. The van der Waals surface area contributed by atoms with Gasteiger partial charge in [0.1, 0.15) is 11.8 Å². The first-order chi connectivity index (χ1) is 15.0. The van der Waals surface area contributed by atoms with Crippen molar-refractivity contribution in [3.63, 3.8) is 0 Å². The standard InChI is InChI=1S/C25H33NO5Si/c1-17(27)31-23-22(18-12-14-20(29-5)15-13-18)26(24(23)28)21-11-9-8-10-19(21)16-30-32(6,7)25(2,3)4/h8-15,22-23H,16H2,1-7H3/t22-,23-/m0/s1. The smallest absolute Gasteiger partial charge is 0.303 e. The third-order valence-corrected chi connectivity index (χ3v) is 10.9. The molecule has 0 aromatic heterocycles. The van der Waals surface area contributed by atoms with Gasteiger partial charge >= 0.3 is 5.97 Å². The number of β-lactam (4-membered cyclic amide) rings is 1. The number of amides is 1. The van der Waals surface area contributed by atoms with Crippen molar-refractivity contribution in [2.45, 2.75) is 64.6 Å². The zero-order valence-corrected chi connectivity index (χ0v) is 21.0. The molecule has 0 radical (unpaired) electrons. The molecule has 1 saturated heterocycles. The molecule has 1 heterocycles. The maximum Gasteiger partial charge on any atom is 0.303 e. The van der Waals surface area contributed by atoms with Crippen LogP contribution < -0.4 is 9.64 Å². The highest BCUT2D eigenvalue weighted by Gasteiger charge is 2.52. The van der Waals surface area contributed by atoms with Crippen LogP contribution in [0.5, 0.6) is 5.75 Å². The van der Waals surface area contributed by atoms with Gasteiger partial charge in [-0.25, -0.2) is 0 Å². The van der Waals surface area contributed by atoms with Crippen molar-refractivity contribution >= 4 is 25.9 Å². The fourth-order valence-electron chi connectivity index (χ4n) is 3.49. The largest absolute Gasteiger partial charge is 0.497 e. The molecule has 0 bridgehead atoms. The molecule has 6 nitrogen and oxygen atoms in total. The highest BCUT2D eigenvalue weighted by atomic mass is 28.4. The highest BCUT2D eigenvalue weighted by molar-refractivity contribution is 6.74. The summed E-state index contributed by atoms with van der Waals surface area (Å²) in [5.41, 5.74) is 2.59. The first-order valence-corrected chi connectivity index (χ1v) is 13.7. The van der Waals surface area contributed by atoms with Crippen LogP contribution in [-0.2, 0) is 25.4 Å². The molecule has 7 heteroatoms. The Hall–Kier alpha value is -2.64. The molecule has 0 N–H and O–H groups in total. The molecule has 2 aromatic rings. The number of carbonyl (C=O) groups is 2. The lowest BCUT2D eigenvalue weighted by Gasteiger charge is -2.47. The van der Waals surface area contributed by atoms with Gasteiger partial charge in [-0.1, -0.05) is 51.1 Å². The molecular formula is C25H33NO5Si. The van der Waals surface area contributed by atoms with Crippen LogP contribution in [0.1, 0.15) is 44.9 Å². The van der Waals surface area contributed by atoms with E-state index in [0.29, 0.717) is 6.61 Å². The summed E-state index contributed by atoms with van der Waals surface area (Å²) >= 11 is 0. The third-order valence-electron chi connectivity index (χ3n) is 6.44. The number of hydrogen-bond acceptors (Lipinski definition) is 5. The van der Waals surface area contributed by atoms with Gasteiger partial charge in [0.2, 0.25) is 6.10 Å². The zero-order chi connectivity index (χ0) is 23.7. The first kappa shape index (κ1) is 24.0. The van der Waals surface area contributed by atoms with Crippen molar-refractivity contribution in [1.82, 2.24) is 0 Å². The van der Waals surface area contributed by atoms with Crippen LogP contribution in [-0.4, -0.2) is 33.4 Å². The number of methoxy groups -OCH3 is 1. The summed E-state index contributed by atoms with van der Waals surface area (Å²) in [6.45, 7) is 12.8. The molecule has 2 atom stereocenters. The predicted octanol–water partition coefficient (Wildman–Crippen LogP) is 5.24. The number of esters is 1. The van der Waals surface area contributed by atoms with Crippen LogP contribution in [0, 0.1) is 0 Å². The number of benzene rings is 2. The predicted molar refractivity (Wildman–Crippen MR) is 127 cm³/mol. The van der Waals surface area contributed by atoms with E-state index in [9.17, 15) is 9.59 Å².